The molecular weight excluding hydrogens is 316 g/mol. The van der Waals surface area contributed by atoms with Gasteiger partial charge in [-0.1, -0.05) is 52.1 Å². The average Bonchev–Trinajstić information content (AvgIpc) is 2.39. The molecule has 1 rings (SSSR count). The molecule has 0 aromatic heterocycles. The van der Waals surface area contributed by atoms with E-state index in [1.165, 1.54) is 6.21 Å². The summed E-state index contributed by atoms with van der Waals surface area (Å²) in [4.78, 5) is 9.78. The number of carboxylic acid groups (broad SMARTS) is 1. The van der Waals surface area contributed by atoms with Gasteiger partial charge in [0, 0.05) is 5.56 Å². The molecule has 8 heteroatoms. The Kier molecular flexibility index (Phi) is 8.78. The maximum absolute atomic E-state index is 9.78. The van der Waals surface area contributed by atoms with E-state index < -0.39 is 15.5 Å². The number of para-hydroxylation sites is 1. The molecular formula is C11H10Cl3NO4. The molecule has 19 heavy (non-hydrogen) atoms. The zero-order chi connectivity index (χ0) is 14.8. The first-order valence-corrected chi connectivity index (χ1v) is 5.82. The lowest BCUT2D eigenvalue weighted by Gasteiger charge is -2.01. The molecule has 5 nitrogen and oxygen atoms in total. The van der Waals surface area contributed by atoms with E-state index in [1.54, 1.807) is 19.2 Å². The molecule has 1 aromatic rings. The molecule has 0 radical (unpaired) electrons. The second-order valence-corrected chi connectivity index (χ2v) is 4.19. The maximum Gasteiger partial charge on any atom is 0.349 e. The van der Waals surface area contributed by atoms with Crippen LogP contribution < -0.4 is 4.74 Å². The summed E-state index contributed by atoms with van der Waals surface area (Å²) in [6.45, 7) is 0. The lowest BCUT2D eigenvalue weighted by Crippen LogP contribution is -1.93. The molecule has 0 saturated carbocycles. The molecule has 0 amide bonds. The van der Waals surface area contributed by atoms with E-state index in [0.29, 0.717) is 5.75 Å². The van der Waals surface area contributed by atoms with Crippen LogP contribution in [0.15, 0.2) is 38.9 Å². The summed E-state index contributed by atoms with van der Waals surface area (Å²) in [5.74, 6) is -0.628. The fourth-order valence-electron chi connectivity index (χ4n) is 0.916. The van der Waals surface area contributed by atoms with Gasteiger partial charge in [-0.25, -0.2) is 4.79 Å². The van der Waals surface area contributed by atoms with Crippen LogP contribution in [0, 0.1) is 0 Å². The Hall–Kier alpha value is -1.43. The molecule has 1 aromatic carbocycles. The van der Waals surface area contributed by atoms with Crippen molar-refractivity contribution < 1.29 is 19.8 Å². The molecule has 0 aliphatic heterocycles. The molecule has 2 N–H and O–H groups in total. The largest absolute Gasteiger partial charge is 0.496 e. The summed E-state index contributed by atoms with van der Waals surface area (Å²) in [6, 6.07) is 7.31. The number of carboxylic acids is 1. The van der Waals surface area contributed by atoms with Crippen molar-refractivity contribution in [3.63, 3.8) is 0 Å². The van der Waals surface area contributed by atoms with Gasteiger partial charge in [-0.3, -0.25) is 0 Å². The van der Waals surface area contributed by atoms with E-state index in [2.05, 4.69) is 5.16 Å². The first kappa shape index (κ1) is 17.6. The van der Waals surface area contributed by atoms with Gasteiger partial charge in [-0.05, 0) is 12.1 Å². The van der Waals surface area contributed by atoms with Gasteiger partial charge in [0.15, 0.2) is 5.03 Å². The molecule has 104 valence electrons. The van der Waals surface area contributed by atoms with Gasteiger partial charge in [0.25, 0.3) is 0 Å². The predicted molar refractivity (Wildman–Crippen MR) is 74.6 cm³/mol. The Morgan fingerprint density at radius 3 is 2.26 bits per heavy atom. The van der Waals surface area contributed by atoms with Gasteiger partial charge in [-0.15, -0.1) is 0 Å². The maximum atomic E-state index is 9.78. The van der Waals surface area contributed by atoms with Gasteiger partial charge < -0.3 is 15.1 Å². The minimum atomic E-state index is -1.33. The molecule has 0 fully saturated rings. The van der Waals surface area contributed by atoms with Crippen molar-refractivity contribution in [1.29, 1.82) is 0 Å². The van der Waals surface area contributed by atoms with E-state index in [4.69, 9.17) is 49.9 Å². The van der Waals surface area contributed by atoms with Gasteiger partial charge >= 0.3 is 5.97 Å². The van der Waals surface area contributed by atoms with E-state index in [-0.39, 0.29) is 0 Å². The van der Waals surface area contributed by atoms with Gasteiger partial charge in [0.05, 0.1) is 13.3 Å². The normalized spacial score (nSPS) is 9.47. The van der Waals surface area contributed by atoms with Crippen LogP contribution in [0.3, 0.4) is 0 Å². The van der Waals surface area contributed by atoms with Crippen LogP contribution in [-0.2, 0) is 4.79 Å². The van der Waals surface area contributed by atoms with Crippen molar-refractivity contribution in [3.05, 3.63) is 39.4 Å². The van der Waals surface area contributed by atoms with Crippen LogP contribution >= 0.6 is 34.8 Å². The lowest BCUT2D eigenvalue weighted by molar-refractivity contribution is -0.131. The van der Waals surface area contributed by atoms with Gasteiger partial charge in [-0.2, -0.15) is 0 Å². The van der Waals surface area contributed by atoms with Gasteiger partial charge in [0.1, 0.15) is 10.2 Å². The Morgan fingerprint density at radius 1 is 1.32 bits per heavy atom. The van der Waals surface area contributed by atoms with Crippen molar-refractivity contribution in [3.8, 4) is 5.75 Å². The number of oxime groups is 1. The quantitative estimate of drug-likeness (QED) is 0.386. The SMILES string of the molecule is COc1ccccc1C=NO.O=C(O)C(Cl)=C(Cl)Cl. The second kappa shape index (κ2) is 9.49. The molecule has 0 spiro atoms. The Labute approximate surface area is 124 Å². The van der Waals surface area contributed by atoms with Crippen molar-refractivity contribution in [2.75, 3.05) is 7.11 Å². The molecule has 0 atom stereocenters. The minimum Gasteiger partial charge on any atom is -0.496 e. The third-order valence-corrected chi connectivity index (χ3v) is 2.61. The molecule has 0 bridgehead atoms. The number of aliphatic carboxylic acids is 1. The zero-order valence-corrected chi connectivity index (χ0v) is 11.9. The summed E-state index contributed by atoms with van der Waals surface area (Å²) in [7, 11) is 1.57. The van der Waals surface area contributed by atoms with E-state index in [0.717, 1.165) is 5.56 Å². The molecule has 0 heterocycles. The number of ether oxygens (including phenoxy) is 1. The summed E-state index contributed by atoms with van der Waals surface area (Å²) in [6.07, 6.45) is 1.33. The van der Waals surface area contributed by atoms with Crippen molar-refractivity contribution in [1.82, 2.24) is 0 Å². The highest BCUT2D eigenvalue weighted by atomic mass is 35.5. The monoisotopic (exact) mass is 325 g/mol. The molecule has 0 unspecified atom stereocenters. The lowest BCUT2D eigenvalue weighted by atomic mass is 10.2. The first-order valence-electron chi connectivity index (χ1n) is 4.68. The van der Waals surface area contributed by atoms with Crippen LogP contribution in [0.4, 0.5) is 0 Å². The smallest absolute Gasteiger partial charge is 0.349 e. The number of halogens is 3. The third-order valence-electron chi connectivity index (χ3n) is 1.69. The van der Waals surface area contributed by atoms with Crippen molar-refractivity contribution in [2.24, 2.45) is 5.16 Å². The van der Waals surface area contributed by atoms with Crippen molar-refractivity contribution in [2.45, 2.75) is 0 Å². The highest BCUT2D eigenvalue weighted by molar-refractivity contribution is 6.62. The number of hydrogen-bond donors (Lipinski definition) is 2. The first-order chi connectivity index (χ1) is 8.93. The van der Waals surface area contributed by atoms with Crippen LogP contribution in [-0.4, -0.2) is 29.6 Å². The number of rotatable bonds is 3. The molecule has 0 aliphatic rings. The topological polar surface area (TPSA) is 79.1 Å². The number of benzene rings is 1. The highest BCUT2D eigenvalue weighted by Gasteiger charge is 2.06. The van der Waals surface area contributed by atoms with Gasteiger partial charge in [0.2, 0.25) is 0 Å². The Bertz CT molecular complexity index is 485. The fraction of sp³-hybridized carbons (Fsp3) is 0.0909. The number of nitrogens with zero attached hydrogens (tertiary/aromatic N) is 1. The Balaban J connectivity index is 0.000000362. The predicted octanol–water partition coefficient (Wildman–Crippen LogP) is 3.46. The van der Waals surface area contributed by atoms with E-state index in [9.17, 15) is 4.79 Å². The summed E-state index contributed by atoms with van der Waals surface area (Å²) < 4.78 is 4.56. The minimum absolute atomic E-state index is 0.431. The van der Waals surface area contributed by atoms with Crippen molar-refractivity contribution >= 4 is 47.0 Å². The second-order valence-electron chi connectivity index (χ2n) is 2.87. The number of methoxy groups -OCH3 is 1. The van der Waals surface area contributed by atoms with Crippen LogP contribution in [0.5, 0.6) is 5.75 Å². The Morgan fingerprint density at radius 2 is 1.89 bits per heavy atom. The summed E-state index contributed by atoms with van der Waals surface area (Å²) in [5, 5.41) is 18.6. The third kappa shape index (κ3) is 6.91. The molecule has 0 saturated heterocycles. The fourth-order valence-corrected chi connectivity index (χ4v) is 1.08. The average molecular weight is 327 g/mol. The van der Waals surface area contributed by atoms with Crippen LogP contribution in [0.1, 0.15) is 5.56 Å². The number of carbonyl (C=O) groups is 1. The molecule has 0 aliphatic carbocycles. The zero-order valence-electron chi connectivity index (χ0n) is 9.68. The van der Waals surface area contributed by atoms with E-state index >= 15 is 0 Å². The highest BCUT2D eigenvalue weighted by Crippen LogP contribution is 2.17. The van der Waals surface area contributed by atoms with Crippen LogP contribution in [0.25, 0.3) is 0 Å². The number of hydrogen-bond acceptors (Lipinski definition) is 4. The van der Waals surface area contributed by atoms with Crippen LogP contribution in [0.2, 0.25) is 0 Å². The standard InChI is InChI=1S/C8H9NO2.C3HCl3O2/c1-11-8-5-3-2-4-7(8)6-9-10;4-1(2(5)6)3(7)8/h2-6,10H,1H3;(H,7,8). The summed E-state index contributed by atoms with van der Waals surface area (Å²) in [5.41, 5.74) is 0.762. The van der Waals surface area contributed by atoms with E-state index in [1.807, 2.05) is 12.1 Å². The summed E-state index contributed by atoms with van der Waals surface area (Å²) >= 11 is 14.9.